The standard InChI is InChI=1S/C15H9F5N2O4/c16-14(17,15(18,19)20)8-3-4-9(11(5-8)22(24)25)12(23)10-6-21-26-13(10)7-1-2-7/h3-7H,1-2H2. The Morgan fingerprint density at radius 1 is 1.19 bits per heavy atom. The highest BCUT2D eigenvalue weighted by Crippen LogP contribution is 2.45. The van der Waals surface area contributed by atoms with Gasteiger partial charge in [0.1, 0.15) is 5.56 Å². The number of hydrogen-bond acceptors (Lipinski definition) is 5. The number of benzene rings is 1. The van der Waals surface area contributed by atoms with Crippen molar-refractivity contribution in [2.75, 3.05) is 0 Å². The molecule has 2 aromatic rings. The van der Waals surface area contributed by atoms with E-state index in [1.165, 1.54) is 0 Å². The summed E-state index contributed by atoms with van der Waals surface area (Å²) in [5.41, 5.74) is -3.48. The predicted molar refractivity (Wildman–Crippen MR) is 75.0 cm³/mol. The molecular formula is C15H9F5N2O4. The predicted octanol–water partition coefficient (Wildman–Crippen LogP) is 4.35. The van der Waals surface area contributed by atoms with Crippen molar-refractivity contribution < 1.29 is 36.2 Å². The number of alkyl halides is 5. The maximum absolute atomic E-state index is 13.4. The van der Waals surface area contributed by atoms with Gasteiger partial charge in [-0.3, -0.25) is 14.9 Å². The molecule has 3 rings (SSSR count). The van der Waals surface area contributed by atoms with Gasteiger partial charge in [0, 0.05) is 17.5 Å². The largest absolute Gasteiger partial charge is 0.458 e. The Hall–Kier alpha value is -2.85. The number of carbonyl (C=O) groups excluding carboxylic acids is 1. The molecule has 6 nitrogen and oxygen atoms in total. The Balaban J connectivity index is 2.07. The number of halogens is 5. The summed E-state index contributed by atoms with van der Waals surface area (Å²) in [6.45, 7) is 0. The number of nitro benzene ring substituents is 1. The summed E-state index contributed by atoms with van der Waals surface area (Å²) in [5, 5.41) is 14.6. The zero-order valence-electron chi connectivity index (χ0n) is 12.7. The maximum Gasteiger partial charge on any atom is 0.458 e. The fraction of sp³-hybridized carbons (Fsp3) is 0.333. The molecular weight excluding hydrogens is 367 g/mol. The van der Waals surface area contributed by atoms with Crippen LogP contribution >= 0.6 is 0 Å². The quantitative estimate of drug-likeness (QED) is 0.335. The lowest BCUT2D eigenvalue weighted by molar-refractivity contribution is -0.385. The summed E-state index contributed by atoms with van der Waals surface area (Å²) in [6, 6.07) is 0.988. The molecule has 1 aromatic carbocycles. The van der Waals surface area contributed by atoms with Crippen LogP contribution in [0.2, 0.25) is 0 Å². The van der Waals surface area contributed by atoms with Gasteiger partial charge in [-0.25, -0.2) is 0 Å². The van der Waals surface area contributed by atoms with Crippen molar-refractivity contribution in [1.29, 1.82) is 0 Å². The molecule has 0 atom stereocenters. The van der Waals surface area contributed by atoms with Gasteiger partial charge in [0.25, 0.3) is 5.69 Å². The van der Waals surface area contributed by atoms with Crippen molar-refractivity contribution in [3.63, 3.8) is 0 Å². The molecule has 1 saturated carbocycles. The van der Waals surface area contributed by atoms with Gasteiger partial charge in [0.2, 0.25) is 5.78 Å². The van der Waals surface area contributed by atoms with Crippen LogP contribution in [0.4, 0.5) is 27.6 Å². The van der Waals surface area contributed by atoms with Crippen LogP contribution in [0.25, 0.3) is 0 Å². The number of ketones is 1. The first-order valence-corrected chi connectivity index (χ1v) is 7.26. The average molecular weight is 376 g/mol. The van der Waals surface area contributed by atoms with E-state index in [9.17, 15) is 36.9 Å². The molecule has 138 valence electrons. The van der Waals surface area contributed by atoms with Gasteiger partial charge in [-0.1, -0.05) is 11.2 Å². The molecule has 1 aliphatic carbocycles. The van der Waals surface area contributed by atoms with Crippen molar-refractivity contribution in [1.82, 2.24) is 5.16 Å². The van der Waals surface area contributed by atoms with E-state index in [4.69, 9.17) is 4.52 Å². The van der Waals surface area contributed by atoms with Crippen LogP contribution in [0.5, 0.6) is 0 Å². The third kappa shape index (κ3) is 2.93. The van der Waals surface area contributed by atoms with Crippen molar-refractivity contribution in [2.45, 2.75) is 30.9 Å². The van der Waals surface area contributed by atoms with Gasteiger partial charge in [-0.15, -0.1) is 0 Å². The molecule has 0 amide bonds. The number of nitrogens with zero attached hydrogens (tertiary/aromatic N) is 2. The monoisotopic (exact) mass is 376 g/mol. The average Bonchev–Trinajstić information content (AvgIpc) is 3.29. The molecule has 0 radical (unpaired) electrons. The highest BCUT2D eigenvalue weighted by atomic mass is 19.4. The minimum atomic E-state index is -5.93. The van der Waals surface area contributed by atoms with Gasteiger partial charge in [-0.2, -0.15) is 22.0 Å². The fourth-order valence-electron chi connectivity index (χ4n) is 2.44. The van der Waals surface area contributed by atoms with Crippen molar-refractivity contribution in [3.05, 3.63) is 57.0 Å². The van der Waals surface area contributed by atoms with Gasteiger partial charge in [0.05, 0.1) is 16.7 Å². The van der Waals surface area contributed by atoms with E-state index >= 15 is 0 Å². The lowest BCUT2D eigenvalue weighted by Crippen LogP contribution is -2.33. The number of carbonyl (C=O) groups is 1. The van der Waals surface area contributed by atoms with Gasteiger partial charge in [0.15, 0.2) is 5.76 Å². The van der Waals surface area contributed by atoms with Crippen LogP contribution in [0.3, 0.4) is 0 Å². The van der Waals surface area contributed by atoms with Gasteiger partial charge < -0.3 is 4.52 Å². The van der Waals surface area contributed by atoms with Gasteiger partial charge in [-0.05, 0) is 18.9 Å². The van der Waals surface area contributed by atoms with Gasteiger partial charge >= 0.3 is 12.1 Å². The van der Waals surface area contributed by atoms with E-state index in [0.29, 0.717) is 12.1 Å². The SMILES string of the molecule is O=C(c1ccc(C(F)(F)C(F)(F)F)cc1[N+](=O)[O-])c1cnoc1C1CC1. The van der Waals surface area contributed by atoms with Crippen molar-refractivity contribution in [3.8, 4) is 0 Å². The first kappa shape index (κ1) is 18.0. The van der Waals surface area contributed by atoms with Crippen LogP contribution in [0, 0.1) is 10.1 Å². The minimum absolute atomic E-state index is 0.0605. The Labute approximate surface area is 141 Å². The van der Waals surface area contributed by atoms with Crippen LogP contribution in [0.1, 0.15) is 46.0 Å². The van der Waals surface area contributed by atoms with E-state index in [-0.39, 0.29) is 23.3 Å². The zero-order valence-corrected chi connectivity index (χ0v) is 12.7. The summed E-state index contributed by atoms with van der Waals surface area (Å²) in [7, 11) is 0. The number of aromatic nitrogens is 1. The second kappa shape index (κ2) is 5.85. The molecule has 1 aliphatic rings. The number of rotatable bonds is 5. The molecule has 0 bridgehead atoms. The number of hydrogen-bond donors (Lipinski definition) is 0. The van der Waals surface area contributed by atoms with E-state index in [1.807, 2.05) is 0 Å². The zero-order chi connectivity index (χ0) is 19.3. The Morgan fingerprint density at radius 3 is 2.38 bits per heavy atom. The summed E-state index contributed by atoms with van der Waals surface area (Å²) in [4.78, 5) is 22.5. The molecule has 0 saturated heterocycles. The fourth-order valence-corrected chi connectivity index (χ4v) is 2.44. The highest BCUT2D eigenvalue weighted by Gasteiger charge is 2.59. The van der Waals surface area contributed by atoms with E-state index in [0.717, 1.165) is 19.0 Å². The molecule has 0 spiro atoms. The van der Waals surface area contributed by atoms with Crippen LogP contribution < -0.4 is 0 Å². The summed E-state index contributed by atoms with van der Waals surface area (Å²) < 4.78 is 69.2. The Morgan fingerprint density at radius 2 is 1.85 bits per heavy atom. The molecule has 1 fully saturated rings. The van der Waals surface area contributed by atoms with E-state index in [1.54, 1.807) is 0 Å². The summed E-state index contributed by atoms with van der Waals surface area (Å²) in [5.74, 6) is -6.07. The molecule has 1 heterocycles. The minimum Gasteiger partial charge on any atom is -0.360 e. The highest BCUT2D eigenvalue weighted by molar-refractivity contribution is 6.12. The molecule has 1 aromatic heterocycles. The molecule has 11 heteroatoms. The van der Waals surface area contributed by atoms with Crippen LogP contribution in [-0.4, -0.2) is 22.0 Å². The lowest BCUT2D eigenvalue weighted by atomic mass is 9.97. The van der Waals surface area contributed by atoms with E-state index < -0.39 is 39.6 Å². The normalized spacial score (nSPS) is 15.1. The Kier molecular flexibility index (Phi) is 4.04. The molecule has 0 aliphatic heterocycles. The first-order valence-electron chi connectivity index (χ1n) is 7.26. The number of nitro groups is 1. The van der Waals surface area contributed by atoms with E-state index in [2.05, 4.69) is 5.16 Å². The third-order valence-corrected chi connectivity index (χ3v) is 3.95. The van der Waals surface area contributed by atoms with Crippen molar-refractivity contribution in [2.24, 2.45) is 0 Å². The summed E-state index contributed by atoms with van der Waals surface area (Å²) >= 11 is 0. The lowest BCUT2D eigenvalue weighted by Gasteiger charge is -2.19. The topological polar surface area (TPSA) is 86.2 Å². The van der Waals surface area contributed by atoms with Crippen LogP contribution in [0.15, 0.2) is 28.9 Å². The maximum atomic E-state index is 13.4. The smallest absolute Gasteiger partial charge is 0.360 e. The second-order valence-corrected chi connectivity index (χ2v) is 5.77. The molecule has 0 unspecified atom stereocenters. The third-order valence-electron chi connectivity index (χ3n) is 3.95. The second-order valence-electron chi connectivity index (χ2n) is 5.77. The Bertz CT molecular complexity index is 886. The van der Waals surface area contributed by atoms with Crippen molar-refractivity contribution >= 4 is 11.5 Å². The summed E-state index contributed by atoms with van der Waals surface area (Å²) in [6.07, 6.45) is -3.43. The first-order chi connectivity index (χ1) is 12.0. The molecule has 0 N–H and O–H groups in total. The van der Waals surface area contributed by atoms with Crippen LogP contribution in [-0.2, 0) is 5.92 Å². The molecule has 26 heavy (non-hydrogen) atoms.